The molecule has 1 saturated heterocycles. The number of ether oxygens (including phenoxy) is 1. The van der Waals surface area contributed by atoms with E-state index in [2.05, 4.69) is 56.3 Å². The van der Waals surface area contributed by atoms with Crippen molar-refractivity contribution < 1.29 is 4.74 Å². The summed E-state index contributed by atoms with van der Waals surface area (Å²) in [6.07, 6.45) is 12.2. The second-order valence-corrected chi connectivity index (χ2v) is 9.07. The number of rotatable bonds is 8. The lowest BCUT2D eigenvalue weighted by Crippen LogP contribution is -2.35. The Morgan fingerprint density at radius 3 is 2.38 bits per heavy atom. The zero-order valence-electron chi connectivity index (χ0n) is 18.7. The van der Waals surface area contributed by atoms with Gasteiger partial charge in [-0.05, 0) is 66.2 Å². The number of piperidine rings is 1. The van der Waals surface area contributed by atoms with Crippen molar-refractivity contribution in [3.05, 3.63) is 66.2 Å². The van der Waals surface area contributed by atoms with Crippen LogP contribution in [0.2, 0.25) is 0 Å². The van der Waals surface area contributed by atoms with Gasteiger partial charge in [-0.2, -0.15) is 10.2 Å². The zero-order chi connectivity index (χ0) is 21.8. The molecule has 1 saturated carbocycles. The molecular formula is C26H31N5O. The summed E-state index contributed by atoms with van der Waals surface area (Å²) >= 11 is 0. The first-order valence-corrected chi connectivity index (χ1v) is 11.8. The molecule has 1 aliphatic carbocycles. The van der Waals surface area contributed by atoms with E-state index in [9.17, 15) is 0 Å². The lowest BCUT2D eigenvalue weighted by molar-refractivity contribution is 0.104. The lowest BCUT2D eigenvalue weighted by atomic mass is 9.91. The molecule has 2 fully saturated rings. The molecule has 1 aromatic carbocycles. The van der Waals surface area contributed by atoms with Crippen LogP contribution in [0.25, 0.3) is 11.1 Å². The minimum atomic E-state index is 0.682. The average Bonchev–Trinajstić information content (AvgIpc) is 3.65. The predicted octanol–water partition coefficient (Wildman–Crippen LogP) is 4.57. The van der Waals surface area contributed by atoms with Gasteiger partial charge in [0.2, 0.25) is 5.95 Å². The van der Waals surface area contributed by atoms with Crippen LogP contribution in [0.1, 0.15) is 37.3 Å². The van der Waals surface area contributed by atoms with Crippen molar-refractivity contribution in [2.45, 2.75) is 39.2 Å². The predicted molar refractivity (Wildman–Crippen MR) is 125 cm³/mol. The molecule has 0 N–H and O–H groups in total. The van der Waals surface area contributed by atoms with Crippen molar-refractivity contribution in [1.82, 2.24) is 20.2 Å². The number of nitrogens with zero attached hydrogens (tertiary/aromatic N) is 5. The van der Waals surface area contributed by atoms with E-state index in [0.29, 0.717) is 6.61 Å². The number of aryl methyl sites for hydroxylation is 1. The van der Waals surface area contributed by atoms with Crippen LogP contribution in [0.15, 0.2) is 55.1 Å². The van der Waals surface area contributed by atoms with E-state index in [1.807, 2.05) is 18.5 Å². The number of anilines is 1. The van der Waals surface area contributed by atoms with Gasteiger partial charge in [-0.25, -0.2) is 9.97 Å². The van der Waals surface area contributed by atoms with Crippen LogP contribution in [-0.4, -0.2) is 39.9 Å². The standard InChI is InChI=1S/C26H31N5O/c1-2-19-14-27-26(28-15-19)31-11-8-22(9-12-31)25-13-24(25)18-32-17-20-3-5-21(6-4-20)23-7-10-29-30-16-23/h3-7,10,14-16,22,24-25H,2,8-9,11-13,17-18H2,1H3/t24-,25+/m0/s1. The fourth-order valence-corrected chi connectivity index (χ4v) is 4.84. The van der Waals surface area contributed by atoms with Gasteiger partial charge in [-0.15, -0.1) is 0 Å². The molecule has 32 heavy (non-hydrogen) atoms. The van der Waals surface area contributed by atoms with Gasteiger partial charge >= 0.3 is 0 Å². The van der Waals surface area contributed by atoms with Crippen LogP contribution in [0.4, 0.5) is 5.95 Å². The van der Waals surface area contributed by atoms with Crippen LogP contribution < -0.4 is 4.90 Å². The van der Waals surface area contributed by atoms with Gasteiger partial charge in [0.1, 0.15) is 0 Å². The molecule has 0 amide bonds. The summed E-state index contributed by atoms with van der Waals surface area (Å²) in [6.45, 7) is 5.83. The monoisotopic (exact) mass is 429 g/mol. The first-order valence-electron chi connectivity index (χ1n) is 11.8. The van der Waals surface area contributed by atoms with Crippen molar-refractivity contribution >= 4 is 5.95 Å². The molecule has 0 bridgehead atoms. The van der Waals surface area contributed by atoms with Gasteiger partial charge in [-0.3, -0.25) is 0 Å². The maximum Gasteiger partial charge on any atom is 0.225 e. The minimum absolute atomic E-state index is 0.682. The Kier molecular flexibility index (Phi) is 6.39. The van der Waals surface area contributed by atoms with E-state index >= 15 is 0 Å². The van der Waals surface area contributed by atoms with Crippen molar-refractivity contribution in [3.63, 3.8) is 0 Å². The second-order valence-electron chi connectivity index (χ2n) is 9.07. The third kappa shape index (κ3) is 4.96. The van der Waals surface area contributed by atoms with E-state index in [4.69, 9.17) is 4.74 Å². The Labute approximate surface area is 190 Å². The van der Waals surface area contributed by atoms with Gasteiger partial charge in [0.15, 0.2) is 0 Å². The topological polar surface area (TPSA) is 64.0 Å². The third-order valence-electron chi connectivity index (χ3n) is 6.98. The number of hydrogen-bond acceptors (Lipinski definition) is 6. The fourth-order valence-electron chi connectivity index (χ4n) is 4.84. The molecule has 166 valence electrons. The fraction of sp³-hybridized carbons (Fsp3) is 0.462. The van der Waals surface area contributed by atoms with Crippen molar-refractivity contribution in [2.24, 2.45) is 17.8 Å². The Balaban J connectivity index is 1.03. The molecule has 0 unspecified atom stereocenters. The number of benzene rings is 1. The van der Waals surface area contributed by atoms with Gasteiger partial charge in [0, 0.05) is 31.0 Å². The normalized spacial score (nSPS) is 21.0. The van der Waals surface area contributed by atoms with Crippen LogP contribution in [0, 0.1) is 17.8 Å². The molecule has 0 radical (unpaired) electrons. The van der Waals surface area contributed by atoms with Crippen molar-refractivity contribution in [1.29, 1.82) is 0 Å². The highest BCUT2D eigenvalue weighted by molar-refractivity contribution is 5.62. The van der Waals surface area contributed by atoms with Gasteiger partial charge < -0.3 is 9.64 Å². The first kappa shape index (κ1) is 21.0. The molecule has 0 spiro atoms. The SMILES string of the molecule is CCc1cnc(N2CCC([C@H]3C[C@H]3COCc3ccc(-c4ccnnc4)cc3)CC2)nc1. The molecule has 3 aromatic rings. The number of hydrogen-bond donors (Lipinski definition) is 0. The maximum absolute atomic E-state index is 6.07. The Morgan fingerprint density at radius 1 is 0.906 bits per heavy atom. The Bertz CT molecular complexity index is 985. The van der Waals surface area contributed by atoms with E-state index in [0.717, 1.165) is 60.9 Å². The highest BCUT2D eigenvalue weighted by atomic mass is 16.5. The second kappa shape index (κ2) is 9.74. The Morgan fingerprint density at radius 2 is 1.69 bits per heavy atom. The highest BCUT2D eigenvalue weighted by Crippen LogP contribution is 2.48. The molecule has 3 heterocycles. The third-order valence-corrected chi connectivity index (χ3v) is 6.98. The van der Waals surface area contributed by atoms with E-state index in [-0.39, 0.29) is 0 Å². The molecule has 2 aromatic heterocycles. The highest BCUT2D eigenvalue weighted by Gasteiger charge is 2.43. The molecule has 2 atom stereocenters. The van der Waals surface area contributed by atoms with E-state index in [1.54, 1.807) is 12.4 Å². The molecule has 2 aliphatic rings. The summed E-state index contributed by atoms with van der Waals surface area (Å²) in [5, 5.41) is 7.78. The molecule has 6 nitrogen and oxygen atoms in total. The van der Waals surface area contributed by atoms with E-state index in [1.165, 1.54) is 30.4 Å². The summed E-state index contributed by atoms with van der Waals surface area (Å²) in [6, 6.07) is 10.5. The smallest absolute Gasteiger partial charge is 0.225 e. The van der Waals surface area contributed by atoms with Gasteiger partial charge in [0.25, 0.3) is 0 Å². The number of aromatic nitrogens is 4. The van der Waals surface area contributed by atoms with Crippen molar-refractivity contribution in [2.75, 3.05) is 24.6 Å². The molecular weight excluding hydrogens is 398 g/mol. The van der Waals surface area contributed by atoms with Crippen LogP contribution >= 0.6 is 0 Å². The summed E-state index contributed by atoms with van der Waals surface area (Å²) in [5.41, 5.74) is 4.66. The zero-order valence-corrected chi connectivity index (χ0v) is 18.7. The summed E-state index contributed by atoms with van der Waals surface area (Å²) in [5.74, 6) is 3.28. The summed E-state index contributed by atoms with van der Waals surface area (Å²) < 4.78 is 6.07. The van der Waals surface area contributed by atoms with Gasteiger partial charge in [0.05, 0.1) is 25.6 Å². The minimum Gasteiger partial charge on any atom is -0.376 e. The van der Waals surface area contributed by atoms with E-state index < -0.39 is 0 Å². The summed E-state index contributed by atoms with van der Waals surface area (Å²) in [7, 11) is 0. The Hall–Kier alpha value is -2.86. The van der Waals surface area contributed by atoms with Crippen LogP contribution in [-0.2, 0) is 17.8 Å². The molecule has 1 aliphatic heterocycles. The maximum atomic E-state index is 6.07. The van der Waals surface area contributed by atoms with Crippen LogP contribution in [0.5, 0.6) is 0 Å². The van der Waals surface area contributed by atoms with Crippen molar-refractivity contribution in [3.8, 4) is 11.1 Å². The molecule has 5 rings (SSSR count). The first-order chi connectivity index (χ1) is 15.8. The molecule has 6 heteroatoms. The average molecular weight is 430 g/mol. The lowest BCUT2D eigenvalue weighted by Gasteiger charge is -2.32. The van der Waals surface area contributed by atoms with Crippen LogP contribution in [0.3, 0.4) is 0 Å². The quantitative estimate of drug-likeness (QED) is 0.523. The largest absolute Gasteiger partial charge is 0.376 e. The summed E-state index contributed by atoms with van der Waals surface area (Å²) in [4.78, 5) is 11.5. The van der Waals surface area contributed by atoms with Gasteiger partial charge in [-0.1, -0.05) is 31.2 Å².